The van der Waals surface area contributed by atoms with Crippen LogP contribution in [0.3, 0.4) is 0 Å². The minimum absolute atomic E-state index is 0.547. The number of thiophene rings is 1. The summed E-state index contributed by atoms with van der Waals surface area (Å²) in [6.07, 6.45) is 0. The van der Waals surface area contributed by atoms with Crippen molar-refractivity contribution < 1.29 is 0 Å². The maximum absolute atomic E-state index is 9.00. The van der Waals surface area contributed by atoms with Crippen molar-refractivity contribution in [1.29, 1.82) is 5.26 Å². The number of nitriles is 1. The summed E-state index contributed by atoms with van der Waals surface area (Å²) in [5.74, 6) is 0. The lowest BCUT2D eigenvalue weighted by molar-refractivity contribution is 1.49. The van der Waals surface area contributed by atoms with Crippen LogP contribution in [0, 0.1) is 18.3 Å². The number of para-hydroxylation sites is 1. The van der Waals surface area contributed by atoms with Crippen LogP contribution >= 0.6 is 11.3 Å². The van der Waals surface area contributed by atoms with E-state index in [4.69, 9.17) is 11.0 Å². The Bertz CT molecular complexity index is 781. The van der Waals surface area contributed by atoms with Crippen LogP contribution in [-0.2, 0) is 0 Å². The van der Waals surface area contributed by atoms with Gasteiger partial charge in [-0.2, -0.15) is 5.26 Å². The van der Waals surface area contributed by atoms with E-state index in [9.17, 15) is 0 Å². The molecule has 0 aliphatic heterocycles. The molecule has 0 aliphatic carbocycles. The minimum atomic E-state index is 0.547. The van der Waals surface area contributed by atoms with Crippen molar-refractivity contribution in [2.45, 2.75) is 6.92 Å². The second-order valence-electron chi connectivity index (χ2n) is 3.89. The lowest BCUT2D eigenvalue weighted by Gasteiger charge is -2.03. The highest BCUT2D eigenvalue weighted by molar-refractivity contribution is 7.19. The van der Waals surface area contributed by atoms with Crippen molar-refractivity contribution >= 4 is 38.1 Å². The van der Waals surface area contributed by atoms with Crippen LogP contribution in [0.5, 0.6) is 0 Å². The van der Waals surface area contributed by atoms with Gasteiger partial charge in [-0.25, -0.2) is 4.98 Å². The van der Waals surface area contributed by atoms with Gasteiger partial charge in [-0.05, 0) is 18.6 Å². The van der Waals surface area contributed by atoms with Gasteiger partial charge in [0.25, 0.3) is 0 Å². The van der Waals surface area contributed by atoms with E-state index in [1.165, 1.54) is 11.3 Å². The second-order valence-corrected chi connectivity index (χ2v) is 4.89. The van der Waals surface area contributed by atoms with Crippen LogP contribution in [0.2, 0.25) is 0 Å². The number of nitrogen functional groups attached to an aromatic ring is 1. The number of hydrogen-bond acceptors (Lipinski definition) is 4. The molecule has 0 fully saturated rings. The maximum Gasteiger partial charge on any atom is 0.130 e. The number of fused-ring (bicyclic) bond motifs is 2. The first-order valence-electron chi connectivity index (χ1n) is 5.20. The molecule has 2 heterocycles. The highest BCUT2D eigenvalue weighted by Crippen LogP contribution is 2.36. The Hall–Kier alpha value is -2.12. The van der Waals surface area contributed by atoms with Crippen molar-refractivity contribution in [3.05, 3.63) is 34.7 Å². The summed E-state index contributed by atoms with van der Waals surface area (Å²) in [5, 5.41) is 11.0. The number of benzene rings is 1. The van der Waals surface area contributed by atoms with E-state index in [1.54, 1.807) is 0 Å². The van der Waals surface area contributed by atoms with E-state index in [0.29, 0.717) is 10.6 Å². The third-order valence-corrected chi connectivity index (χ3v) is 3.94. The average Bonchev–Trinajstić information content (AvgIpc) is 2.66. The van der Waals surface area contributed by atoms with Gasteiger partial charge >= 0.3 is 0 Å². The number of anilines is 1. The number of nitrogens with zero attached hydrogens (tertiary/aromatic N) is 2. The van der Waals surface area contributed by atoms with Gasteiger partial charge in [-0.15, -0.1) is 11.3 Å². The Morgan fingerprint density at radius 2 is 2.12 bits per heavy atom. The molecule has 2 aromatic heterocycles. The van der Waals surface area contributed by atoms with Crippen molar-refractivity contribution in [1.82, 2.24) is 4.98 Å². The molecule has 0 amide bonds. The molecule has 3 aromatic rings. The molecular weight excluding hydrogens is 230 g/mol. The molecule has 3 nitrogen and oxygen atoms in total. The molecule has 1 aromatic carbocycles. The fraction of sp³-hybridized carbons (Fsp3) is 0.0769. The highest BCUT2D eigenvalue weighted by Gasteiger charge is 2.14. The van der Waals surface area contributed by atoms with Crippen molar-refractivity contribution in [3.8, 4) is 6.07 Å². The summed E-state index contributed by atoms with van der Waals surface area (Å²) < 4.78 is 0. The molecule has 0 aliphatic rings. The molecule has 82 valence electrons. The largest absolute Gasteiger partial charge is 0.396 e. The Morgan fingerprint density at radius 3 is 2.88 bits per heavy atom. The average molecular weight is 239 g/mol. The Labute approximate surface area is 102 Å². The van der Waals surface area contributed by atoms with Gasteiger partial charge in [0.1, 0.15) is 15.8 Å². The number of nitrogens with two attached hydrogens (primary N) is 1. The van der Waals surface area contributed by atoms with Gasteiger partial charge in [0, 0.05) is 10.8 Å². The predicted molar refractivity (Wildman–Crippen MR) is 71.0 cm³/mol. The number of rotatable bonds is 0. The number of aromatic nitrogens is 1. The summed E-state index contributed by atoms with van der Waals surface area (Å²) in [4.78, 5) is 5.95. The zero-order valence-corrected chi connectivity index (χ0v) is 10.0. The predicted octanol–water partition coefficient (Wildman–Crippen LogP) is 3.21. The van der Waals surface area contributed by atoms with Gasteiger partial charge < -0.3 is 5.73 Å². The topological polar surface area (TPSA) is 62.7 Å². The molecular formula is C13H9N3S. The van der Waals surface area contributed by atoms with E-state index in [1.807, 2.05) is 31.2 Å². The van der Waals surface area contributed by atoms with Crippen molar-refractivity contribution in [2.24, 2.45) is 0 Å². The number of aryl methyl sites for hydroxylation is 1. The Morgan fingerprint density at radius 1 is 1.35 bits per heavy atom. The van der Waals surface area contributed by atoms with Crippen LogP contribution in [0.15, 0.2) is 24.3 Å². The molecule has 3 rings (SSSR count). The molecule has 0 bridgehead atoms. The number of pyridine rings is 1. The smallest absolute Gasteiger partial charge is 0.130 e. The van der Waals surface area contributed by atoms with Crippen LogP contribution in [-0.4, -0.2) is 4.98 Å². The molecule has 2 N–H and O–H groups in total. The molecule has 0 spiro atoms. The van der Waals surface area contributed by atoms with Crippen molar-refractivity contribution in [3.63, 3.8) is 0 Å². The maximum atomic E-state index is 9.00. The molecule has 0 unspecified atom stereocenters. The minimum Gasteiger partial charge on any atom is -0.396 e. The zero-order chi connectivity index (χ0) is 12.0. The Kier molecular flexibility index (Phi) is 2.03. The van der Waals surface area contributed by atoms with Gasteiger partial charge in [0.15, 0.2) is 0 Å². The molecule has 0 saturated carbocycles. The molecule has 4 heteroatoms. The number of hydrogen-bond donors (Lipinski definition) is 1. The fourth-order valence-electron chi connectivity index (χ4n) is 2.09. The van der Waals surface area contributed by atoms with Crippen LogP contribution in [0.1, 0.15) is 10.4 Å². The van der Waals surface area contributed by atoms with E-state index < -0.39 is 0 Å². The monoisotopic (exact) mass is 239 g/mol. The normalized spacial score (nSPS) is 10.8. The van der Waals surface area contributed by atoms with Crippen molar-refractivity contribution in [2.75, 3.05) is 5.73 Å². The molecule has 0 atom stereocenters. The summed E-state index contributed by atoms with van der Waals surface area (Å²) in [7, 11) is 0. The third kappa shape index (κ3) is 1.30. The van der Waals surface area contributed by atoms with E-state index in [2.05, 4.69) is 11.1 Å². The van der Waals surface area contributed by atoms with Gasteiger partial charge in [-0.1, -0.05) is 18.2 Å². The van der Waals surface area contributed by atoms with Gasteiger partial charge in [-0.3, -0.25) is 0 Å². The second kappa shape index (κ2) is 3.44. The van der Waals surface area contributed by atoms with Gasteiger partial charge in [0.2, 0.25) is 0 Å². The summed E-state index contributed by atoms with van der Waals surface area (Å²) in [6, 6.07) is 10.1. The first kappa shape index (κ1) is 10.1. The van der Waals surface area contributed by atoms with Crippen LogP contribution < -0.4 is 5.73 Å². The lowest BCUT2D eigenvalue weighted by atomic mass is 10.1. The SMILES string of the molecule is Cc1c2ccccc2nc2sc(C#N)c(N)c12. The first-order chi connectivity index (χ1) is 8.22. The van der Waals surface area contributed by atoms with Crippen LogP contribution in [0.4, 0.5) is 5.69 Å². The van der Waals surface area contributed by atoms with Gasteiger partial charge in [0.05, 0.1) is 11.2 Å². The van der Waals surface area contributed by atoms with E-state index in [0.717, 1.165) is 26.7 Å². The molecule has 0 radical (unpaired) electrons. The Balaban J connectivity index is 2.59. The fourth-order valence-corrected chi connectivity index (χ4v) is 3.05. The first-order valence-corrected chi connectivity index (χ1v) is 6.01. The lowest BCUT2D eigenvalue weighted by Crippen LogP contribution is -1.89. The zero-order valence-electron chi connectivity index (χ0n) is 9.19. The quantitative estimate of drug-likeness (QED) is 0.655. The van der Waals surface area contributed by atoms with Crippen LogP contribution in [0.25, 0.3) is 21.1 Å². The summed E-state index contributed by atoms with van der Waals surface area (Å²) >= 11 is 1.36. The van der Waals surface area contributed by atoms with E-state index >= 15 is 0 Å². The summed E-state index contributed by atoms with van der Waals surface area (Å²) in [6.45, 7) is 2.02. The van der Waals surface area contributed by atoms with E-state index in [-0.39, 0.29) is 0 Å². The molecule has 17 heavy (non-hydrogen) atoms. The highest BCUT2D eigenvalue weighted by atomic mass is 32.1. The summed E-state index contributed by atoms with van der Waals surface area (Å²) in [5.41, 5.74) is 8.59. The third-order valence-electron chi connectivity index (χ3n) is 2.93. The standard InChI is InChI=1S/C13H9N3S/c1-7-8-4-2-3-5-9(8)16-13-11(7)12(15)10(6-14)17-13/h2-5H,15H2,1H3. The molecule has 0 saturated heterocycles.